The Hall–Kier alpha value is -0.830. The number of amides is 1. The van der Waals surface area contributed by atoms with Gasteiger partial charge in [-0.05, 0) is 37.7 Å². The summed E-state index contributed by atoms with van der Waals surface area (Å²) in [6.45, 7) is 6.28. The molecule has 88 valence electrons. The third kappa shape index (κ3) is 1.41. The Morgan fingerprint density at radius 3 is 2.62 bits per heavy atom. The summed E-state index contributed by atoms with van der Waals surface area (Å²) in [6, 6.07) is 0.488. The van der Waals surface area contributed by atoms with Crippen LogP contribution in [-0.4, -0.2) is 36.6 Å². The van der Waals surface area contributed by atoms with Crippen molar-refractivity contribution < 1.29 is 9.53 Å². The number of ether oxygens (including phenoxy) is 1. The van der Waals surface area contributed by atoms with Crippen LogP contribution in [0.3, 0.4) is 0 Å². The number of hydrogen-bond acceptors (Lipinski definition) is 2. The summed E-state index contributed by atoms with van der Waals surface area (Å²) in [4.78, 5) is 13.8. The van der Waals surface area contributed by atoms with E-state index < -0.39 is 0 Å². The van der Waals surface area contributed by atoms with E-state index in [-0.39, 0.29) is 5.91 Å². The highest BCUT2D eigenvalue weighted by molar-refractivity contribution is 5.88. The van der Waals surface area contributed by atoms with Gasteiger partial charge in [-0.15, -0.1) is 0 Å². The van der Waals surface area contributed by atoms with Gasteiger partial charge in [0.15, 0.2) is 0 Å². The van der Waals surface area contributed by atoms with Crippen LogP contribution in [0.5, 0.6) is 0 Å². The molecule has 2 heterocycles. The molecule has 2 aliphatic heterocycles. The average molecular weight is 221 g/mol. The lowest BCUT2D eigenvalue weighted by atomic mass is 9.64. The number of nitrogens with zero attached hydrogens (tertiary/aromatic N) is 1. The summed E-state index contributed by atoms with van der Waals surface area (Å²) in [5.74, 6) is 0.879. The maximum atomic E-state index is 11.7. The molecule has 1 amide bonds. The molecule has 0 N–H and O–H groups in total. The third-order valence-corrected chi connectivity index (χ3v) is 4.46. The van der Waals surface area contributed by atoms with Gasteiger partial charge in [-0.25, -0.2) is 0 Å². The topological polar surface area (TPSA) is 29.5 Å². The van der Waals surface area contributed by atoms with Crippen molar-refractivity contribution in [1.82, 2.24) is 4.90 Å². The van der Waals surface area contributed by atoms with Gasteiger partial charge >= 0.3 is 0 Å². The van der Waals surface area contributed by atoms with E-state index in [2.05, 4.69) is 6.58 Å². The molecular formula is C13H19NO2. The lowest BCUT2D eigenvalue weighted by Gasteiger charge is -2.59. The quantitative estimate of drug-likeness (QED) is 0.663. The summed E-state index contributed by atoms with van der Waals surface area (Å²) in [6.07, 6.45) is 6.33. The zero-order chi connectivity index (χ0) is 11.2. The molecule has 3 fully saturated rings. The molecule has 3 aliphatic rings. The van der Waals surface area contributed by atoms with E-state index in [0.29, 0.717) is 11.5 Å². The predicted molar refractivity (Wildman–Crippen MR) is 60.9 cm³/mol. The van der Waals surface area contributed by atoms with Gasteiger partial charge in [-0.3, -0.25) is 4.79 Å². The smallest absolute Gasteiger partial charge is 0.246 e. The van der Waals surface area contributed by atoms with Crippen LogP contribution in [0, 0.1) is 11.3 Å². The standard InChI is InChI=1S/C13H19NO2/c1-2-11(15)14-9-13(5-7-16-8-6-13)12(14)10-3-4-10/h2,10,12H,1,3-9H2. The zero-order valence-electron chi connectivity index (χ0n) is 9.65. The van der Waals surface area contributed by atoms with Gasteiger partial charge in [0.2, 0.25) is 5.91 Å². The molecule has 1 saturated carbocycles. The van der Waals surface area contributed by atoms with Crippen LogP contribution < -0.4 is 0 Å². The van der Waals surface area contributed by atoms with Crippen molar-refractivity contribution in [1.29, 1.82) is 0 Å². The summed E-state index contributed by atoms with van der Waals surface area (Å²) in [7, 11) is 0. The second kappa shape index (κ2) is 3.59. The molecule has 2 saturated heterocycles. The Labute approximate surface area is 96.4 Å². The molecule has 16 heavy (non-hydrogen) atoms. The van der Waals surface area contributed by atoms with Gasteiger partial charge in [-0.2, -0.15) is 0 Å². The van der Waals surface area contributed by atoms with Crippen molar-refractivity contribution in [3.63, 3.8) is 0 Å². The van der Waals surface area contributed by atoms with Crippen molar-refractivity contribution in [2.24, 2.45) is 11.3 Å². The normalized spacial score (nSPS) is 32.2. The van der Waals surface area contributed by atoms with Crippen molar-refractivity contribution in [2.45, 2.75) is 31.7 Å². The second-order valence-corrected chi connectivity index (χ2v) is 5.43. The maximum Gasteiger partial charge on any atom is 0.246 e. The van der Waals surface area contributed by atoms with Gasteiger partial charge in [0, 0.05) is 31.2 Å². The maximum absolute atomic E-state index is 11.7. The SMILES string of the molecule is C=CC(=O)N1CC2(CCOCC2)C1C1CC1. The van der Waals surface area contributed by atoms with E-state index in [0.717, 1.165) is 38.5 Å². The molecule has 3 nitrogen and oxygen atoms in total. The van der Waals surface area contributed by atoms with Crippen molar-refractivity contribution in [3.8, 4) is 0 Å². The largest absolute Gasteiger partial charge is 0.381 e. The van der Waals surface area contributed by atoms with Gasteiger partial charge in [0.05, 0.1) is 0 Å². The van der Waals surface area contributed by atoms with E-state index in [1.54, 1.807) is 0 Å². The molecule has 0 aromatic rings. The highest BCUT2D eigenvalue weighted by Gasteiger charge is 2.59. The lowest BCUT2D eigenvalue weighted by Crippen LogP contribution is -2.68. The molecule has 0 aromatic carbocycles. The number of likely N-dealkylation sites (tertiary alicyclic amines) is 1. The Morgan fingerprint density at radius 1 is 1.38 bits per heavy atom. The van der Waals surface area contributed by atoms with Crippen LogP contribution in [0.25, 0.3) is 0 Å². The van der Waals surface area contributed by atoms with Crippen LogP contribution in [0.4, 0.5) is 0 Å². The fourth-order valence-corrected chi connectivity index (χ4v) is 3.48. The third-order valence-electron chi connectivity index (χ3n) is 4.46. The van der Waals surface area contributed by atoms with Gasteiger partial charge in [0.1, 0.15) is 0 Å². The van der Waals surface area contributed by atoms with Gasteiger partial charge in [-0.1, -0.05) is 6.58 Å². The highest BCUT2D eigenvalue weighted by Crippen LogP contribution is 2.54. The summed E-state index contributed by atoms with van der Waals surface area (Å²) >= 11 is 0. The highest BCUT2D eigenvalue weighted by atomic mass is 16.5. The van der Waals surface area contributed by atoms with Crippen LogP contribution in [0.2, 0.25) is 0 Å². The average Bonchev–Trinajstić information content (AvgIpc) is 3.10. The van der Waals surface area contributed by atoms with E-state index in [9.17, 15) is 4.79 Å². The van der Waals surface area contributed by atoms with E-state index >= 15 is 0 Å². The van der Waals surface area contributed by atoms with Crippen molar-refractivity contribution >= 4 is 5.91 Å². The minimum absolute atomic E-state index is 0.119. The minimum Gasteiger partial charge on any atom is -0.381 e. The predicted octanol–water partition coefficient (Wildman–Crippen LogP) is 1.59. The fourth-order valence-electron chi connectivity index (χ4n) is 3.48. The Morgan fingerprint density at radius 2 is 2.06 bits per heavy atom. The van der Waals surface area contributed by atoms with E-state index in [1.165, 1.54) is 18.9 Å². The van der Waals surface area contributed by atoms with Crippen LogP contribution in [-0.2, 0) is 9.53 Å². The number of rotatable bonds is 2. The number of hydrogen-bond donors (Lipinski definition) is 0. The molecule has 1 aliphatic carbocycles. The van der Waals surface area contributed by atoms with Crippen molar-refractivity contribution in [3.05, 3.63) is 12.7 Å². The summed E-state index contributed by atoms with van der Waals surface area (Å²) in [5.41, 5.74) is 0.387. The zero-order valence-corrected chi connectivity index (χ0v) is 9.65. The number of carbonyl (C=O) groups is 1. The number of carbonyl (C=O) groups excluding carboxylic acids is 1. The summed E-state index contributed by atoms with van der Waals surface area (Å²) in [5, 5.41) is 0. The van der Waals surface area contributed by atoms with Gasteiger partial charge in [0.25, 0.3) is 0 Å². The van der Waals surface area contributed by atoms with Gasteiger partial charge < -0.3 is 9.64 Å². The fraction of sp³-hybridized carbons (Fsp3) is 0.769. The first-order valence-corrected chi connectivity index (χ1v) is 6.28. The molecular weight excluding hydrogens is 202 g/mol. The molecule has 0 aromatic heterocycles. The molecule has 1 spiro atoms. The Balaban J connectivity index is 1.77. The van der Waals surface area contributed by atoms with Crippen molar-refractivity contribution in [2.75, 3.05) is 19.8 Å². The first-order chi connectivity index (χ1) is 7.77. The molecule has 0 radical (unpaired) electrons. The Bertz CT molecular complexity index is 316. The summed E-state index contributed by atoms with van der Waals surface area (Å²) < 4.78 is 5.45. The van der Waals surface area contributed by atoms with Crippen LogP contribution in [0.1, 0.15) is 25.7 Å². The van der Waals surface area contributed by atoms with Crippen LogP contribution in [0.15, 0.2) is 12.7 Å². The molecule has 1 atom stereocenters. The molecule has 3 heteroatoms. The minimum atomic E-state index is 0.119. The molecule has 3 rings (SSSR count). The van der Waals surface area contributed by atoms with Crippen LogP contribution >= 0.6 is 0 Å². The monoisotopic (exact) mass is 221 g/mol. The Kier molecular flexibility index (Phi) is 2.32. The van der Waals surface area contributed by atoms with E-state index in [4.69, 9.17) is 4.74 Å². The first-order valence-electron chi connectivity index (χ1n) is 6.28. The molecule has 0 bridgehead atoms. The van der Waals surface area contributed by atoms with E-state index in [1.807, 2.05) is 4.90 Å². The lowest BCUT2D eigenvalue weighted by molar-refractivity contribution is -0.166. The second-order valence-electron chi connectivity index (χ2n) is 5.43. The molecule has 1 unspecified atom stereocenters. The first kappa shape index (κ1) is 10.3.